The van der Waals surface area contributed by atoms with Crippen LogP contribution in [0.1, 0.15) is 20.8 Å². The predicted octanol–water partition coefficient (Wildman–Crippen LogP) is 4.34. The number of fused-ring (bicyclic) bond motifs is 3. The summed E-state index contributed by atoms with van der Waals surface area (Å²) in [6.45, 7) is -0.425. The normalized spacial score (nSPS) is 11.6. The number of nitrogens with one attached hydrogen (secondary N) is 1. The minimum absolute atomic E-state index is 0.399. The molecule has 0 radical (unpaired) electrons. The van der Waals surface area contributed by atoms with Crippen molar-refractivity contribution >= 4 is 28.9 Å². The quantitative estimate of drug-likeness (QED) is 0.477. The van der Waals surface area contributed by atoms with E-state index in [1.807, 2.05) is 24.3 Å². The van der Waals surface area contributed by atoms with Crippen molar-refractivity contribution in [2.24, 2.45) is 0 Å². The molecule has 1 aromatic heterocycles. The number of esters is 1. The first-order chi connectivity index (χ1) is 16.5. The van der Waals surface area contributed by atoms with Crippen LogP contribution in [0.5, 0.6) is 23.0 Å². The number of carbonyl (C=O) groups is 2. The summed E-state index contributed by atoms with van der Waals surface area (Å²) in [6.07, 6.45) is 1.71. The molecule has 178 valence electrons. The lowest BCUT2D eigenvalue weighted by Gasteiger charge is -2.16. The molecule has 1 heterocycles. The summed E-state index contributed by atoms with van der Waals surface area (Å²) < 4.78 is 26.4. The third-order valence-electron chi connectivity index (χ3n) is 5.51. The van der Waals surface area contributed by atoms with E-state index in [9.17, 15) is 9.59 Å². The smallest absolute Gasteiger partial charge is 0.348 e. The lowest BCUT2D eigenvalue weighted by atomic mass is 9.91. The van der Waals surface area contributed by atoms with E-state index in [-0.39, 0.29) is 0 Å². The highest BCUT2D eigenvalue weighted by Gasteiger charge is 2.23. The molecule has 0 spiro atoms. The molecule has 4 rings (SSSR count). The average Bonchev–Trinajstić information content (AvgIpc) is 3.31. The third-order valence-corrected chi connectivity index (χ3v) is 6.70. The van der Waals surface area contributed by atoms with Crippen LogP contribution in [0.15, 0.2) is 36.4 Å². The van der Waals surface area contributed by atoms with Gasteiger partial charge in [-0.05, 0) is 53.8 Å². The van der Waals surface area contributed by atoms with Gasteiger partial charge in [0.1, 0.15) is 10.6 Å². The molecule has 1 N–H and O–H groups in total. The molecule has 0 atom stereocenters. The third kappa shape index (κ3) is 4.65. The number of aryl methyl sites for hydroxylation is 2. The lowest BCUT2D eigenvalue weighted by Crippen LogP contribution is -2.20. The molecule has 34 heavy (non-hydrogen) atoms. The van der Waals surface area contributed by atoms with Gasteiger partial charge in [-0.25, -0.2) is 4.79 Å². The van der Waals surface area contributed by atoms with E-state index in [0.717, 1.165) is 34.6 Å². The van der Waals surface area contributed by atoms with Gasteiger partial charge in [0, 0.05) is 22.7 Å². The molecule has 0 saturated carbocycles. The van der Waals surface area contributed by atoms with Crippen LogP contribution < -0.4 is 24.3 Å². The number of carbonyl (C=O) groups excluding carboxylic acids is 2. The van der Waals surface area contributed by atoms with E-state index in [2.05, 4.69) is 5.32 Å². The van der Waals surface area contributed by atoms with Crippen LogP contribution in [-0.4, -0.2) is 46.9 Å². The Labute approximate surface area is 201 Å². The van der Waals surface area contributed by atoms with Crippen molar-refractivity contribution in [1.82, 2.24) is 0 Å². The number of rotatable bonds is 8. The minimum Gasteiger partial charge on any atom is -0.497 e. The van der Waals surface area contributed by atoms with E-state index in [4.69, 9.17) is 23.7 Å². The number of methoxy groups -OCH3 is 4. The molecule has 9 heteroatoms. The fourth-order valence-corrected chi connectivity index (χ4v) is 5.05. The van der Waals surface area contributed by atoms with Gasteiger partial charge >= 0.3 is 5.97 Å². The van der Waals surface area contributed by atoms with Gasteiger partial charge in [0.2, 0.25) is 5.75 Å². The second kappa shape index (κ2) is 10.0. The van der Waals surface area contributed by atoms with E-state index in [0.29, 0.717) is 27.8 Å². The van der Waals surface area contributed by atoms with Crippen LogP contribution >= 0.6 is 11.3 Å². The molecule has 0 saturated heterocycles. The van der Waals surface area contributed by atoms with Crippen molar-refractivity contribution in [2.75, 3.05) is 40.4 Å². The molecular weight excluding hydrogens is 458 g/mol. The van der Waals surface area contributed by atoms with Gasteiger partial charge in [0.25, 0.3) is 5.91 Å². The van der Waals surface area contributed by atoms with Crippen molar-refractivity contribution in [3.8, 4) is 33.4 Å². The highest BCUT2D eigenvalue weighted by molar-refractivity contribution is 7.17. The molecule has 1 aliphatic rings. The van der Waals surface area contributed by atoms with Crippen molar-refractivity contribution in [1.29, 1.82) is 0 Å². The maximum absolute atomic E-state index is 12.6. The summed E-state index contributed by atoms with van der Waals surface area (Å²) in [7, 11) is 6.11. The molecule has 8 nitrogen and oxygen atoms in total. The summed E-state index contributed by atoms with van der Waals surface area (Å²) in [5.41, 5.74) is 3.83. The Kier molecular flexibility index (Phi) is 6.93. The number of hydrogen-bond donors (Lipinski definition) is 1. The summed E-state index contributed by atoms with van der Waals surface area (Å²) in [4.78, 5) is 26.6. The van der Waals surface area contributed by atoms with Gasteiger partial charge in [-0.2, -0.15) is 0 Å². The van der Waals surface area contributed by atoms with Gasteiger partial charge in [0.15, 0.2) is 18.1 Å². The molecule has 3 aromatic rings. The maximum atomic E-state index is 12.6. The van der Waals surface area contributed by atoms with Crippen molar-refractivity contribution < 1.29 is 33.3 Å². The van der Waals surface area contributed by atoms with Crippen molar-refractivity contribution in [3.63, 3.8) is 0 Å². The first-order valence-electron chi connectivity index (χ1n) is 10.5. The lowest BCUT2D eigenvalue weighted by molar-refractivity contribution is -0.119. The van der Waals surface area contributed by atoms with Crippen LogP contribution in [-0.2, 0) is 22.4 Å². The molecule has 0 unspecified atom stereocenters. The van der Waals surface area contributed by atoms with Crippen LogP contribution in [0.25, 0.3) is 10.4 Å². The van der Waals surface area contributed by atoms with E-state index in [1.165, 1.54) is 38.2 Å². The maximum Gasteiger partial charge on any atom is 0.348 e. The number of hydrogen-bond acceptors (Lipinski definition) is 8. The van der Waals surface area contributed by atoms with Crippen molar-refractivity contribution in [2.45, 2.75) is 12.8 Å². The molecule has 1 aliphatic carbocycles. The first kappa shape index (κ1) is 23.4. The highest BCUT2D eigenvalue weighted by Crippen LogP contribution is 2.41. The number of ether oxygens (including phenoxy) is 5. The van der Waals surface area contributed by atoms with E-state index >= 15 is 0 Å². The molecule has 0 fully saturated rings. The summed E-state index contributed by atoms with van der Waals surface area (Å²) in [5, 5.41) is 2.68. The standard InChI is InChI=1S/C25H25NO7S/c1-29-17-7-8-18-14(9-17)5-6-15-10-21(34-24(15)18)25(28)33-13-22(27)26-16-11-19(30-2)23(32-4)20(12-16)31-3/h7-12H,5-6,13H2,1-4H3,(H,26,27). The van der Waals surface area contributed by atoms with Gasteiger partial charge in [-0.1, -0.05) is 0 Å². The monoisotopic (exact) mass is 483 g/mol. The number of anilines is 1. The summed E-state index contributed by atoms with van der Waals surface area (Å²) in [5.74, 6) is 1.01. The molecule has 2 aromatic carbocycles. The topological polar surface area (TPSA) is 92.3 Å². The Morgan fingerprint density at radius 2 is 1.59 bits per heavy atom. The number of benzene rings is 2. The Bertz CT molecular complexity index is 1210. The van der Waals surface area contributed by atoms with Crippen LogP contribution in [0.3, 0.4) is 0 Å². The minimum atomic E-state index is -0.533. The van der Waals surface area contributed by atoms with E-state index < -0.39 is 18.5 Å². The zero-order chi connectivity index (χ0) is 24.2. The SMILES string of the molecule is COc1ccc2c(c1)CCc1cc(C(=O)OCC(=O)Nc3cc(OC)c(OC)c(OC)c3)sc1-2. The van der Waals surface area contributed by atoms with E-state index in [1.54, 1.807) is 19.2 Å². The first-order valence-corrected chi connectivity index (χ1v) is 11.4. The van der Waals surface area contributed by atoms with Crippen LogP contribution in [0.4, 0.5) is 5.69 Å². The zero-order valence-corrected chi connectivity index (χ0v) is 20.2. The average molecular weight is 484 g/mol. The Balaban J connectivity index is 1.42. The number of amides is 1. The highest BCUT2D eigenvalue weighted by atomic mass is 32.1. The second-order valence-electron chi connectivity index (χ2n) is 7.53. The van der Waals surface area contributed by atoms with Crippen LogP contribution in [0.2, 0.25) is 0 Å². The summed E-state index contributed by atoms with van der Waals surface area (Å²) >= 11 is 1.38. The molecule has 1 amide bonds. The van der Waals surface area contributed by atoms with Crippen molar-refractivity contribution in [3.05, 3.63) is 52.4 Å². The van der Waals surface area contributed by atoms with Gasteiger partial charge in [-0.3, -0.25) is 4.79 Å². The summed E-state index contributed by atoms with van der Waals surface area (Å²) in [6, 6.07) is 11.0. The van der Waals surface area contributed by atoms with Crippen LogP contribution in [0, 0.1) is 0 Å². The molecular formula is C25H25NO7S. The largest absolute Gasteiger partial charge is 0.497 e. The Morgan fingerprint density at radius 1 is 0.882 bits per heavy atom. The Hall–Kier alpha value is -3.72. The predicted molar refractivity (Wildman–Crippen MR) is 129 cm³/mol. The fraction of sp³-hybridized carbons (Fsp3) is 0.280. The fourth-order valence-electron chi connectivity index (χ4n) is 3.89. The number of thiophene rings is 1. The second-order valence-corrected chi connectivity index (χ2v) is 8.58. The Morgan fingerprint density at radius 3 is 2.24 bits per heavy atom. The molecule has 0 aliphatic heterocycles. The van der Waals surface area contributed by atoms with Gasteiger partial charge < -0.3 is 29.0 Å². The van der Waals surface area contributed by atoms with Gasteiger partial charge in [0.05, 0.1) is 28.4 Å². The van der Waals surface area contributed by atoms with Gasteiger partial charge in [-0.15, -0.1) is 11.3 Å². The molecule has 0 bridgehead atoms. The zero-order valence-electron chi connectivity index (χ0n) is 19.4.